The number of benzene rings is 2. The number of ether oxygens (including phenoxy) is 1. The van der Waals surface area contributed by atoms with Gasteiger partial charge in [-0.25, -0.2) is 0 Å². The molecule has 0 saturated heterocycles. The summed E-state index contributed by atoms with van der Waals surface area (Å²) in [6.07, 6.45) is 6.84. The van der Waals surface area contributed by atoms with Gasteiger partial charge in [0.25, 0.3) is 5.91 Å². The molecule has 32 heavy (non-hydrogen) atoms. The van der Waals surface area contributed by atoms with E-state index in [-0.39, 0.29) is 36.5 Å². The van der Waals surface area contributed by atoms with Crippen molar-refractivity contribution < 1.29 is 9.53 Å². The lowest BCUT2D eigenvalue weighted by Crippen LogP contribution is -2.38. The van der Waals surface area contributed by atoms with Gasteiger partial charge in [0.2, 0.25) is 0 Å². The Balaban J connectivity index is 0.00000512. The number of nitrogens with one attached hydrogen (secondary N) is 2. The average molecular weight is 548 g/mol. The normalized spacial score (nSPS) is 10.5. The fourth-order valence-corrected chi connectivity index (χ4v) is 2.96. The van der Waals surface area contributed by atoms with Crippen molar-refractivity contribution in [3.8, 4) is 18.1 Å². The van der Waals surface area contributed by atoms with Gasteiger partial charge >= 0.3 is 0 Å². The molecular weight excluding hydrogens is 515 g/mol. The fourth-order valence-electron chi connectivity index (χ4n) is 2.96. The van der Waals surface area contributed by atoms with E-state index in [4.69, 9.17) is 11.2 Å². The summed E-state index contributed by atoms with van der Waals surface area (Å²) in [6, 6.07) is 15.7. The lowest BCUT2D eigenvalue weighted by atomic mass is 10.1. The van der Waals surface area contributed by atoms with Gasteiger partial charge in [0, 0.05) is 39.3 Å². The van der Waals surface area contributed by atoms with Gasteiger partial charge in [-0.3, -0.25) is 9.79 Å². The molecule has 0 radical (unpaired) electrons. The van der Waals surface area contributed by atoms with Crippen LogP contribution in [0.5, 0.6) is 5.75 Å². The molecular formula is C25H33IN4O2. The lowest BCUT2D eigenvalue weighted by Gasteiger charge is -2.13. The number of guanidine groups is 1. The smallest absolute Gasteiger partial charge is 0.253 e. The van der Waals surface area contributed by atoms with Crippen molar-refractivity contribution in [1.82, 2.24) is 15.5 Å². The van der Waals surface area contributed by atoms with Gasteiger partial charge in [0.1, 0.15) is 12.4 Å². The summed E-state index contributed by atoms with van der Waals surface area (Å²) in [6.45, 7) is 4.51. The zero-order chi connectivity index (χ0) is 22.5. The van der Waals surface area contributed by atoms with Crippen LogP contribution < -0.4 is 15.4 Å². The number of hydrogen-bond acceptors (Lipinski definition) is 3. The molecule has 2 aromatic carbocycles. The number of rotatable bonds is 10. The van der Waals surface area contributed by atoms with E-state index in [1.165, 1.54) is 5.56 Å². The van der Waals surface area contributed by atoms with Crippen LogP contribution in [0.4, 0.5) is 0 Å². The Bertz CT molecular complexity index is 905. The molecule has 2 rings (SSSR count). The molecule has 172 valence electrons. The van der Waals surface area contributed by atoms with E-state index in [0.717, 1.165) is 43.2 Å². The molecule has 0 fully saturated rings. The van der Waals surface area contributed by atoms with E-state index in [1.54, 1.807) is 19.0 Å². The second-order valence-electron chi connectivity index (χ2n) is 7.22. The van der Waals surface area contributed by atoms with E-state index in [0.29, 0.717) is 12.1 Å². The molecule has 0 heterocycles. The Morgan fingerprint density at radius 2 is 1.84 bits per heavy atom. The molecule has 0 aliphatic heterocycles. The van der Waals surface area contributed by atoms with Crippen molar-refractivity contribution in [2.75, 3.05) is 40.3 Å². The van der Waals surface area contributed by atoms with Crippen LogP contribution in [0.3, 0.4) is 0 Å². The molecule has 0 aliphatic carbocycles. The minimum absolute atomic E-state index is 0. The Kier molecular flexibility index (Phi) is 12.9. The van der Waals surface area contributed by atoms with Crippen molar-refractivity contribution in [1.29, 1.82) is 0 Å². The first kappa shape index (κ1) is 27.3. The molecule has 0 saturated carbocycles. The van der Waals surface area contributed by atoms with Crippen LogP contribution in [0.1, 0.15) is 28.4 Å². The second kappa shape index (κ2) is 15.1. The molecule has 2 N–H and O–H groups in total. The van der Waals surface area contributed by atoms with E-state index < -0.39 is 0 Å². The number of nitrogens with zero attached hydrogens (tertiary/aromatic N) is 2. The van der Waals surface area contributed by atoms with Crippen molar-refractivity contribution in [2.45, 2.75) is 19.8 Å². The maximum atomic E-state index is 12.1. The highest BCUT2D eigenvalue weighted by Gasteiger charge is 2.08. The zero-order valence-electron chi connectivity index (χ0n) is 19.1. The summed E-state index contributed by atoms with van der Waals surface area (Å²) >= 11 is 0. The summed E-state index contributed by atoms with van der Waals surface area (Å²) in [7, 11) is 3.52. The highest BCUT2D eigenvalue weighted by Crippen LogP contribution is 2.12. The highest BCUT2D eigenvalue weighted by molar-refractivity contribution is 14.0. The first-order chi connectivity index (χ1) is 15.0. The largest absolute Gasteiger partial charge is 0.481 e. The third kappa shape index (κ3) is 9.60. The minimum atomic E-state index is 0. The van der Waals surface area contributed by atoms with E-state index in [9.17, 15) is 4.79 Å². The Hall–Kier alpha value is -2.73. The molecule has 1 amide bonds. The van der Waals surface area contributed by atoms with Crippen LogP contribution in [0, 0.1) is 12.3 Å². The molecule has 2 aromatic rings. The predicted octanol–water partition coefficient (Wildman–Crippen LogP) is 3.36. The quantitative estimate of drug-likeness (QED) is 0.207. The van der Waals surface area contributed by atoms with Crippen LogP contribution >= 0.6 is 24.0 Å². The Labute approximate surface area is 208 Å². The maximum Gasteiger partial charge on any atom is 0.253 e. The average Bonchev–Trinajstić information content (AvgIpc) is 2.78. The summed E-state index contributed by atoms with van der Waals surface area (Å²) in [5.41, 5.74) is 3.01. The SMILES string of the molecule is C#CCOc1ccc(CCN=C(NCC)NCCc2cccc(C(=O)N(C)C)c2)cc1.I. The molecule has 0 atom stereocenters. The van der Waals surface area contributed by atoms with Crippen molar-refractivity contribution >= 4 is 35.8 Å². The van der Waals surface area contributed by atoms with Crippen LogP contribution in [-0.2, 0) is 12.8 Å². The van der Waals surface area contributed by atoms with Gasteiger partial charge in [-0.15, -0.1) is 30.4 Å². The van der Waals surface area contributed by atoms with Crippen LogP contribution in [-0.4, -0.2) is 57.1 Å². The van der Waals surface area contributed by atoms with E-state index in [1.807, 2.05) is 55.5 Å². The number of carbonyl (C=O) groups excluding carboxylic acids is 1. The third-order valence-corrected chi connectivity index (χ3v) is 4.55. The number of hydrogen-bond donors (Lipinski definition) is 2. The topological polar surface area (TPSA) is 66.0 Å². The van der Waals surface area contributed by atoms with Gasteiger partial charge in [-0.05, 0) is 55.2 Å². The van der Waals surface area contributed by atoms with Crippen molar-refractivity contribution in [2.24, 2.45) is 4.99 Å². The standard InChI is InChI=1S/C25H32N4O2.HI/c1-5-18-31-23-12-10-20(11-13-23)14-16-27-25(26-6-2)28-17-15-21-8-7-9-22(19-21)24(30)29(3)4;/h1,7-13,19H,6,14-18H2,2-4H3,(H2,26,27,28);1H. The fraction of sp³-hybridized carbons (Fsp3) is 0.360. The van der Waals surface area contributed by atoms with Gasteiger partial charge in [-0.2, -0.15) is 0 Å². The molecule has 7 heteroatoms. The van der Waals surface area contributed by atoms with Crippen LogP contribution in [0.2, 0.25) is 0 Å². The molecule has 0 spiro atoms. The molecule has 0 bridgehead atoms. The van der Waals surface area contributed by atoms with Gasteiger partial charge in [0.15, 0.2) is 5.96 Å². The maximum absolute atomic E-state index is 12.1. The van der Waals surface area contributed by atoms with Crippen molar-refractivity contribution in [3.05, 3.63) is 65.2 Å². The molecule has 6 nitrogen and oxygen atoms in total. The van der Waals surface area contributed by atoms with Crippen LogP contribution in [0.15, 0.2) is 53.5 Å². The van der Waals surface area contributed by atoms with Gasteiger partial charge in [-0.1, -0.05) is 30.2 Å². The number of terminal acetylenes is 1. The Morgan fingerprint density at radius 3 is 2.50 bits per heavy atom. The number of halogens is 1. The summed E-state index contributed by atoms with van der Waals surface area (Å²) < 4.78 is 5.39. The Morgan fingerprint density at radius 1 is 1.09 bits per heavy atom. The predicted molar refractivity (Wildman–Crippen MR) is 142 cm³/mol. The number of amides is 1. The number of carbonyl (C=O) groups is 1. The van der Waals surface area contributed by atoms with Crippen molar-refractivity contribution in [3.63, 3.8) is 0 Å². The summed E-state index contributed by atoms with van der Waals surface area (Å²) in [5.74, 6) is 4.04. The van der Waals surface area contributed by atoms with Gasteiger partial charge < -0.3 is 20.3 Å². The molecule has 0 aromatic heterocycles. The first-order valence-corrected chi connectivity index (χ1v) is 10.5. The second-order valence-corrected chi connectivity index (χ2v) is 7.22. The summed E-state index contributed by atoms with van der Waals surface area (Å²) in [5, 5.41) is 6.64. The minimum Gasteiger partial charge on any atom is -0.481 e. The highest BCUT2D eigenvalue weighted by atomic mass is 127. The first-order valence-electron chi connectivity index (χ1n) is 10.5. The van der Waals surface area contributed by atoms with Gasteiger partial charge in [0.05, 0.1) is 0 Å². The van der Waals surface area contributed by atoms with Crippen LogP contribution in [0.25, 0.3) is 0 Å². The monoisotopic (exact) mass is 548 g/mol. The lowest BCUT2D eigenvalue weighted by molar-refractivity contribution is 0.0827. The zero-order valence-corrected chi connectivity index (χ0v) is 21.4. The molecule has 0 unspecified atom stereocenters. The third-order valence-electron chi connectivity index (χ3n) is 4.55. The summed E-state index contributed by atoms with van der Waals surface area (Å²) in [4.78, 5) is 18.4. The number of aliphatic imine (C=N–C) groups is 1. The van der Waals surface area contributed by atoms with E-state index >= 15 is 0 Å². The van der Waals surface area contributed by atoms with E-state index in [2.05, 4.69) is 21.5 Å². The molecule has 0 aliphatic rings.